The number of rotatable bonds is 32. The fourth-order valence-corrected chi connectivity index (χ4v) is 6.56. The van der Waals surface area contributed by atoms with E-state index in [9.17, 15) is 9.59 Å². The third kappa shape index (κ3) is 28.4. The van der Waals surface area contributed by atoms with Gasteiger partial charge in [0.05, 0.1) is 0 Å². The van der Waals surface area contributed by atoms with Gasteiger partial charge >= 0.3 is 0 Å². The lowest BCUT2D eigenvalue weighted by Gasteiger charge is -2.15. The van der Waals surface area contributed by atoms with Gasteiger partial charge in [-0.2, -0.15) is 0 Å². The molecule has 0 aromatic carbocycles. The van der Waals surface area contributed by atoms with E-state index in [2.05, 4.69) is 48.8 Å². The molecule has 4 heteroatoms. The van der Waals surface area contributed by atoms with E-state index in [1.54, 1.807) is 0 Å². The summed E-state index contributed by atoms with van der Waals surface area (Å²) in [6.07, 6.45) is 46.8. The molecule has 0 heterocycles. The fourth-order valence-electron chi connectivity index (χ4n) is 6.56. The Bertz CT molecular complexity index is 671. The van der Waals surface area contributed by atoms with E-state index in [0.29, 0.717) is 12.8 Å². The van der Waals surface area contributed by atoms with E-state index < -0.39 is 0 Å². The summed E-state index contributed by atoms with van der Waals surface area (Å²) in [5.41, 5.74) is 0. The number of hydrogen-bond acceptors (Lipinski definition) is 2. The summed E-state index contributed by atoms with van der Waals surface area (Å²) >= 11 is 0. The highest BCUT2D eigenvalue weighted by atomic mass is 16.2. The van der Waals surface area contributed by atoms with Crippen molar-refractivity contribution in [1.82, 2.24) is 10.6 Å². The van der Waals surface area contributed by atoms with Crippen LogP contribution in [0.3, 0.4) is 0 Å². The van der Waals surface area contributed by atoms with E-state index in [0.717, 1.165) is 44.9 Å². The molecule has 0 spiro atoms. The van der Waals surface area contributed by atoms with Gasteiger partial charge in [-0.1, -0.05) is 141 Å². The van der Waals surface area contributed by atoms with Gasteiger partial charge in [-0.25, -0.2) is 0 Å². The van der Waals surface area contributed by atoms with Crippen molar-refractivity contribution in [2.24, 2.45) is 0 Å². The third-order valence-corrected chi connectivity index (χ3v) is 9.49. The van der Waals surface area contributed by atoms with Crippen LogP contribution in [0.2, 0.25) is 0 Å². The summed E-state index contributed by atoms with van der Waals surface area (Å²) in [4.78, 5) is 24.8. The second-order valence-corrected chi connectivity index (χ2v) is 14.0. The smallest absolute Gasteiger partial charge is 0.220 e. The molecule has 45 heavy (non-hydrogen) atoms. The molecule has 1 fully saturated rings. The van der Waals surface area contributed by atoms with Gasteiger partial charge in [0, 0.05) is 24.9 Å². The molecule has 1 rings (SSSR count). The summed E-state index contributed by atoms with van der Waals surface area (Å²) in [7, 11) is 0. The predicted octanol–water partition coefficient (Wildman–Crippen LogP) is 12.2. The van der Waals surface area contributed by atoms with Crippen LogP contribution in [0.25, 0.3) is 0 Å². The molecule has 0 bridgehead atoms. The molecule has 1 aliphatic carbocycles. The molecule has 2 atom stereocenters. The van der Waals surface area contributed by atoms with Crippen molar-refractivity contribution in [3.63, 3.8) is 0 Å². The summed E-state index contributed by atoms with van der Waals surface area (Å²) in [6, 6.07) is 0.455. The Morgan fingerprint density at radius 3 is 1.07 bits per heavy atom. The normalized spacial score (nSPS) is 16.7. The molecule has 2 unspecified atom stereocenters. The molecule has 1 aliphatic rings. The van der Waals surface area contributed by atoms with Crippen LogP contribution in [0.15, 0.2) is 24.3 Å². The zero-order valence-electron chi connectivity index (χ0n) is 30.2. The highest BCUT2D eigenvalue weighted by molar-refractivity contribution is 5.77. The number of carbonyl (C=O) groups is 2. The van der Waals surface area contributed by atoms with Crippen LogP contribution in [0, 0.1) is 0 Å². The van der Waals surface area contributed by atoms with Crippen molar-refractivity contribution in [2.75, 3.05) is 0 Å². The van der Waals surface area contributed by atoms with Gasteiger partial charge in [0.2, 0.25) is 11.8 Å². The van der Waals surface area contributed by atoms with Crippen LogP contribution < -0.4 is 10.6 Å². The molecule has 262 valence electrons. The lowest BCUT2D eigenvalue weighted by atomic mass is 10.1. The van der Waals surface area contributed by atoms with Gasteiger partial charge in [0.15, 0.2) is 0 Å². The molecule has 0 saturated heterocycles. The number of unbranched alkanes of at least 4 members (excludes halogenated alkanes) is 22. The molecule has 0 radical (unpaired) electrons. The van der Waals surface area contributed by atoms with E-state index in [4.69, 9.17) is 0 Å². The van der Waals surface area contributed by atoms with Gasteiger partial charge in [-0.3, -0.25) is 9.59 Å². The van der Waals surface area contributed by atoms with Crippen LogP contribution >= 0.6 is 0 Å². The van der Waals surface area contributed by atoms with Gasteiger partial charge in [0.25, 0.3) is 0 Å². The topological polar surface area (TPSA) is 58.2 Å². The van der Waals surface area contributed by atoms with Gasteiger partial charge < -0.3 is 10.6 Å². The van der Waals surface area contributed by atoms with Crippen LogP contribution in [0.5, 0.6) is 0 Å². The lowest BCUT2D eigenvalue weighted by molar-refractivity contribution is -0.122. The van der Waals surface area contributed by atoms with Crippen molar-refractivity contribution in [3.8, 4) is 0 Å². The summed E-state index contributed by atoms with van der Waals surface area (Å²) in [5, 5.41) is 6.45. The maximum absolute atomic E-state index is 12.4. The second-order valence-electron chi connectivity index (χ2n) is 14.0. The average molecular weight is 629 g/mol. The van der Waals surface area contributed by atoms with Crippen molar-refractivity contribution in [2.45, 2.75) is 225 Å². The maximum Gasteiger partial charge on any atom is 0.220 e. The monoisotopic (exact) mass is 629 g/mol. The minimum atomic E-state index is 0.192. The average Bonchev–Trinajstić information content (AvgIpc) is 3.47. The zero-order valence-corrected chi connectivity index (χ0v) is 30.2. The van der Waals surface area contributed by atoms with Crippen molar-refractivity contribution >= 4 is 11.8 Å². The van der Waals surface area contributed by atoms with E-state index in [1.165, 1.54) is 141 Å². The van der Waals surface area contributed by atoms with Gasteiger partial charge in [-0.05, 0) is 83.5 Å². The molecular formula is C41H76N2O2. The largest absolute Gasteiger partial charge is 0.353 e. The molecule has 0 aromatic rings. The number of nitrogens with one attached hydrogen (secondary N) is 2. The molecule has 0 aromatic heterocycles. The molecular weight excluding hydrogens is 552 g/mol. The Morgan fingerprint density at radius 1 is 0.444 bits per heavy atom. The quantitative estimate of drug-likeness (QED) is 0.0575. The summed E-state index contributed by atoms with van der Waals surface area (Å²) in [6.45, 7) is 4.55. The Labute approximate surface area is 280 Å². The summed E-state index contributed by atoms with van der Waals surface area (Å²) in [5.74, 6) is 0.385. The number of amides is 2. The Kier molecular flexibility index (Phi) is 29.8. The maximum atomic E-state index is 12.4. The molecule has 2 amide bonds. The van der Waals surface area contributed by atoms with Crippen LogP contribution in [-0.4, -0.2) is 23.9 Å². The summed E-state index contributed by atoms with van der Waals surface area (Å²) < 4.78 is 0. The standard InChI is InChI=1S/C41H76N2O2/c1-3-5-7-9-11-13-15-17-19-21-23-25-27-29-31-33-40(44)42-38-35-36-39(37-38)43-41(45)34-32-30-28-26-24-22-20-18-16-14-12-10-8-6-4-2/h17-20,38-39H,3-16,21-37H2,1-2H3,(H,42,44)(H,43,45). The fraction of sp³-hybridized carbons (Fsp3) is 0.854. The zero-order chi connectivity index (χ0) is 32.5. The van der Waals surface area contributed by atoms with Crippen molar-refractivity contribution < 1.29 is 9.59 Å². The molecule has 1 saturated carbocycles. The Morgan fingerprint density at radius 2 is 0.733 bits per heavy atom. The minimum absolute atomic E-state index is 0.192. The number of allylic oxidation sites excluding steroid dienone is 4. The lowest BCUT2D eigenvalue weighted by Crippen LogP contribution is -2.37. The molecule has 0 aliphatic heterocycles. The number of hydrogen-bond donors (Lipinski definition) is 2. The van der Waals surface area contributed by atoms with E-state index in [1.807, 2.05) is 0 Å². The molecule has 2 N–H and O–H groups in total. The first-order valence-electron chi connectivity index (χ1n) is 20.0. The second kappa shape index (κ2) is 32.4. The first-order valence-corrected chi connectivity index (χ1v) is 20.0. The minimum Gasteiger partial charge on any atom is -0.353 e. The van der Waals surface area contributed by atoms with Gasteiger partial charge in [-0.15, -0.1) is 0 Å². The predicted molar refractivity (Wildman–Crippen MR) is 197 cm³/mol. The Balaban J connectivity index is 1.89. The first kappa shape index (κ1) is 41.4. The van der Waals surface area contributed by atoms with Crippen molar-refractivity contribution in [1.29, 1.82) is 0 Å². The highest BCUT2D eigenvalue weighted by Crippen LogP contribution is 2.20. The van der Waals surface area contributed by atoms with E-state index in [-0.39, 0.29) is 23.9 Å². The van der Waals surface area contributed by atoms with Crippen LogP contribution in [0.4, 0.5) is 0 Å². The molecule has 4 nitrogen and oxygen atoms in total. The third-order valence-electron chi connectivity index (χ3n) is 9.49. The van der Waals surface area contributed by atoms with Crippen LogP contribution in [-0.2, 0) is 9.59 Å². The van der Waals surface area contributed by atoms with Crippen LogP contribution in [0.1, 0.15) is 213 Å². The van der Waals surface area contributed by atoms with Crippen molar-refractivity contribution in [3.05, 3.63) is 24.3 Å². The number of carbonyl (C=O) groups excluding carboxylic acids is 2. The first-order chi connectivity index (χ1) is 22.2. The SMILES string of the molecule is CCCCCCCCC=CCCCCCCCC(=O)NC1CCC(NC(=O)CCCCCCCC=CCCCCCCCC)C1. The van der Waals surface area contributed by atoms with Gasteiger partial charge in [0.1, 0.15) is 0 Å². The highest BCUT2D eigenvalue weighted by Gasteiger charge is 2.26. The Hall–Kier alpha value is -1.58. The van der Waals surface area contributed by atoms with E-state index >= 15 is 0 Å².